The molecule has 1 amide bonds. The SMILES string of the molecule is NC(=O)c1ccc(F)cc1C=CCO. The van der Waals surface area contributed by atoms with Gasteiger partial charge in [0.1, 0.15) is 5.82 Å². The lowest BCUT2D eigenvalue weighted by Gasteiger charge is -2.01. The van der Waals surface area contributed by atoms with E-state index in [-0.39, 0.29) is 12.2 Å². The number of aliphatic hydroxyl groups excluding tert-OH is 1. The van der Waals surface area contributed by atoms with Gasteiger partial charge in [0.2, 0.25) is 5.91 Å². The lowest BCUT2D eigenvalue weighted by Crippen LogP contribution is -2.12. The zero-order valence-corrected chi connectivity index (χ0v) is 7.40. The smallest absolute Gasteiger partial charge is 0.249 e. The molecule has 1 rings (SSSR count). The number of hydrogen-bond donors (Lipinski definition) is 2. The maximum atomic E-state index is 12.8. The Bertz CT molecular complexity index is 374. The van der Waals surface area contributed by atoms with Gasteiger partial charge in [0.25, 0.3) is 0 Å². The Morgan fingerprint density at radius 1 is 1.57 bits per heavy atom. The quantitative estimate of drug-likeness (QED) is 0.753. The minimum Gasteiger partial charge on any atom is -0.392 e. The summed E-state index contributed by atoms with van der Waals surface area (Å²) in [6.45, 7) is -0.172. The third-order valence-corrected chi connectivity index (χ3v) is 1.68. The summed E-state index contributed by atoms with van der Waals surface area (Å²) in [4.78, 5) is 10.9. The number of aliphatic hydroxyl groups is 1. The third-order valence-electron chi connectivity index (χ3n) is 1.68. The summed E-state index contributed by atoms with van der Waals surface area (Å²) in [6, 6.07) is 3.66. The van der Waals surface area contributed by atoms with Crippen LogP contribution in [-0.4, -0.2) is 17.6 Å². The van der Waals surface area contributed by atoms with Crippen molar-refractivity contribution < 1.29 is 14.3 Å². The first-order chi connectivity index (χ1) is 6.65. The van der Waals surface area contributed by atoms with Gasteiger partial charge in [-0.3, -0.25) is 4.79 Å². The van der Waals surface area contributed by atoms with Crippen LogP contribution in [-0.2, 0) is 0 Å². The van der Waals surface area contributed by atoms with E-state index < -0.39 is 11.7 Å². The van der Waals surface area contributed by atoms with Gasteiger partial charge in [-0.25, -0.2) is 4.39 Å². The van der Waals surface area contributed by atoms with Crippen molar-refractivity contribution in [3.63, 3.8) is 0 Å². The Morgan fingerprint density at radius 2 is 2.29 bits per heavy atom. The molecule has 3 N–H and O–H groups in total. The molecular formula is C10H10FNO2. The van der Waals surface area contributed by atoms with Crippen molar-refractivity contribution >= 4 is 12.0 Å². The van der Waals surface area contributed by atoms with E-state index in [0.29, 0.717) is 5.56 Å². The van der Waals surface area contributed by atoms with E-state index in [9.17, 15) is 9.18 Å². The van der Waals surface area contributed by atoms with E-state index in [2.05, 4.69) is 0 Å². The van der Waals surface area contributed by atoms with Crippen LogP contribution in [0.25, 0.3) is 6.08 Å². The number of nitrogens with two attached hydrogens (primary N) is 1. The molecule has 14 heavy (non-hydrogen) atoms. The van der Waals surface area contributed by atoms with E-state index >= 15 is 0 Å². The summed E-state index contributed by atoms with van der Waals surface area (Å²) in [5, 5.41) is 8.53. The topological polar surface area (TPSA) is 63.3 Å². The van der Waals surface area contributed by atoms with Gasteiger partial charge < -0.3 is 10.8 Å². The summed E-state index contributed by atoms with van der Waals surface area (Å²) in [5.74, 6) is -1.07. The molecule has 0 radical (unpaired) electrons. The highest BCUT2D eigenvalue weighted by Crippen LogP contribution is 2.12. The predicted octanol–water partition coefficient (Wildman–Crippen LogP) is 0.930. The van der Waals surface area contributed by atoms with Crippen molar-refractivity contribution in [1.82, 2.24) is 0 Å². The molecule has 0 aliphatic carbocycles. The van der Waals surface area contributed by atoms with Crippen molar-refractivity contribution in [2.45, 2.75) is 0 Å². The first-order valence-electron chi connectivity index (χ1n) is 4.02. The average molecular weight is 195 g/mol. The Kier molecular flexibility index (Phi) is 3.36. The summed E-state index contributed by atoms with van der Waals surface area (Å²) in [5.41, 5.74) is 5.68. The second-order valence-corrected chi connectivity index (χ2v) is 2.68. The normalized spacial score (nSPS) is 10.7. The predicted molar refractivity (Wildman–Crippen MR) is 51.0 cm³/mol. The van der Waals surface area contributed by atoms with E-state index in [4.69, 9.17) is 10.8 Å². The molecule has 74 valence electrons. The lowest BCUT2D eigenvalue weighted by atomic mass is 10.1. The van der Waals surface area contributed by atoms with E-state index in [1.807, 2.05) is 0 Å². The molecule has 0 atom stereocenters. The molecule has 4 heteroatoms. The van der Waals surface area contributed by atoms with E-state index in [1.165, 1.54) is 24.3 Å². The van der Waals surface area contributed by atoms with E-state index in [0.717, 1.165) is 6.07 Å². The second-order valence-electron chi connectivity index (χ2n) is 2.68. The van der Waals surface area contributed by atoms with Crippen LogP contribution >= 0.6 is 0 Å². The fourth-order valence-corrected chi connectivity index (χ4v) is 1.08. The molecule has 0 heterocycles. The molecule has 0 aliphatic rings. The van der Waals surface area contributed by atoms with Crippen LogP contribution in [0.15, 0.2) is 24.3 Å². The molecule has 0 unspecified atom stereocenters. The molecule has 3 nitrogen and oxygen atoms in total. The van der Waals surface area contributed by atoms with Gasteiger partial charge in [0.05, 0.1) is 6.61 Å². The second kappa shape index (κ2) is 4.53. The molecule has 0 aliphatic heterocycles. The maximum Gasteiger partial charge on any atom is 0.249 e. The number of primary amides is 1. The van der Waals surface area contributed by atoms with Crippen LogP contribution in [0.5, 0.6) is 0 Å². The molecule has 0 aromatic heterocycles. The molecule has 0 fully saturated rings. The molecule has 0 saturated carbocycles. The van der Waals surface area contributed by atoms with Gasteiger partial charge >= 0.3 is 0 Å². The number of benzene rings is 1. The Hall–Kier alpha value is -1.68. The highest BCUT2D eigenvalue weighted by molar-refractivity contribution is 5.96. The minimum absolute atomic E-state index is 0.172. The largest absolute Gasteiger partial charge is 0.392 e. The Morgan fingerprint density at radius 3 is 2.86 bits per heavy atom. The van der Waals surface area contributed by atoms with Crippen LogP contribution in [0.2, 0.25) is 0 Å². The van der Waals surface area contributed by atoms with Crippen LogP contribution < -0.4 is 5.73 Å². The monoisotopic (exact) mass is 195 g/mol. The molecular weight excluding hydrogens is 185 g/mol. The van der Waals surface area contributed by atoms with Crippen LogP contribution in [0.4, 0.5) is 4.39 Å². The zero-order chi connectivity index (χ0) is 10.6. The molecule has 1 aromatic carbocycles. The fraction of sp³-hybridized carbons (Fsp3) is 0.100. The highest BCUT2D eigenvalue weighted by atomic mass is 19.1. The molecule has 0 bridgehead atoms. The number of amides is 1. The van der Waals surface area contributed by atoms with Gasteiger partial charge in [-0.05, 0) is 23.8 Å². The first kappa shape index (κ1) is 10.4. The Balaban J connectivity index is 3.15. The summed E-state index contributed by atoms with van der Waals surface area (Å²) in [7, 11) is 0. The minimum atomic E-state index is -0.623. The number of halogens is 1. The third kappa shape index (κ3) is 2.40. The molecule has 0 spiro atoms. The van der Waals surface area contributed by atoms with Gasteiger partial charge in [-0.1, -0.05) is 12.2 Å². The zero-order valence-electron chi connectivity index (χ0n) is 7.40. The molecule has 1 aromatic rings. The maximum absolute atomic E-state index is 12.8. The lowest BCUT2D eigenvalue weighted by molar-refractivity contribution is 0.1000. The number of hydrogen-bond acceptors (Lipinski definition) is 2. The number of rotatable bonds is 3. The standard InChI is InChI=1S/C10H10FNO2/c11-8-3-4-9(10(12)14)7(6-8)2-1-5-13/h1-4,6,13H,5H2,(H2,12,14). The van der Waals surface area contributed by atoms with Crippen LogP contribution in [0.3, 0.4) is 0 Å². The average Bonchev–Trinajstić information content (AvgIpc) is 2.14. The first-order valence-corrected chi connectivity index (χ1v) is 4.02. The van der Waals surface area contributed by atoms with Crippen molar-refractivity contribution in [2.75, 3.05) is 6.61 Å². The van der Waals surface area contributed by atoms with Crippen LogP contribution in [0.1, 0.15) is 15.9 Å². The van der Waals surface area contributed by atoms with Crippen LogP contribution in [0, 0.1) is 5.82 Å². The molecule has 0 saturated heterocycles. The van der Waals surface area contributed by atoms with Gasteiger partial charge in [-0.2, -0.15) is 0 Å². The Labute approximate surface area is 80.7 Å². The van der Waals surface area contributed by atoms with Crippen molar-refractivity contribution in [3.8, 4) is 0 Å². The van der Waals surface area contributed by atoms with E-state index in [1.54, 1.807) is 0 Å². The number of carbonyl (C=O) groups is 1. The highest BCUT2D eigenvalue weighted by Gasteiger charge is 2.06. The summed E-state index contributed by atoms with van der Waals surface area (Å²) in [6.07, 6.45) is 2.85. The van der Waals surface area contributed by atoms with Gasteiger partial charge in [0.15, 0.2) is 0 Å². The summed E-state index contributed by atoms with van der Waals surface area (Å²) >= 11 is 0. The summed E-state index contributed by atoms with van der Waals surface area (Å²) < 4.78 is 12.8. The van der Waals surface area contributed by atoms with Crippen molar-refractivity contribution in [1.29, 1.82) is 0 Å². The van der Waals surface area contributed by atoms with Crippen molar-refractivity contribution in [3.05, 3.63) is 41.2 Å². The number of carbonyl (C=O) groups excluding carboxylic acids is 1. The van der Waals surface area contributed by atoms with Crippen molar-refractivity contribution in [2.24, 2.45) is 5.73 Å². The van der Waals surface area contributed by atoms with Gasteiger partial charge in [0, 0.05) is 5.56 Å². The fourth-order valence-electron chi connectivity index (χ4n) is 1.08. The van der Waals surface area contributed by atoms with Gasteiger partial charge in [-0.15, -0.1) is 0 Å².